The predicted molar refractivity (Wildman–Crippen MR) is 56.7 cm³/mol. The van der Waals surface area contributed by atoms with Gasteiger partial charge in [-0.25, -0.2) is 0 Å². The van der Waals surface area contributed by atoms with Gasteiger partial charge in [0.1, 0.15) is 18.2 Å². The van der Waals surface area contributed by atoms with E-state index in [1.807, 2.05) is 0 Å². The summed E-state index contributed by atoms with van der Waals surface area (Å²) in [4.78, 5) is 23.5. The topological polar surface area (TPSA) is 103 Å². The molecule has 2 N–H and O–H groups in total. The maximum Gasteiger partial charge on any atom is 0.322 e. The fourth-order valence-electron chi connectivity index (χ4n) is 1.28. The van der Waals surface area contributed by atoms with Gasteiger partial charge in [-0.15, -0.1) is 0 Å². The standard InChI is InChI=1S/C10H13N3O4/c11-5-8(10(16)12-6-9(14)15)7-13-1-3-17-4-2-13/h7H,1-4,6H2,(H,12,16)(H,14,15)/b8-7-. The van der Waals surface area contributed by atoms with E-state index in [4.69, 9.17) is 15.1 Å². The number of nitrogens with zero attached hydrogens (tertiary/aromatic N) is 2. The van der Waals surface area contributed by atoms with Gasteiger partial charge in [0, 0.05) is 19.3 Å². The van der Waals surface area contributed by atoms with Crippen molar-refractivity contribution in [3.05, 3.63) is 11.8 Å². The molecule has 1 saturated heterocycles. The highest BCUT2D eigenvalue weighted by Gasteiger charge is 2.13. The van der Waals surface area contributed by atoms with E-state index in [1.165, 1.54) is 6.20 Å². The third-order valence-corrected chi connectivity index (χ3v) is 2.12. The number of carboxylic acids is 1. The third-order valence-electron chi connectivity index (χ3n) is 2.12. The van der Waals surface area contributed by atoms with Crippen molar-refractivity contribution in [2.24, 2.45) is 0 Å². The third kappa shape index (κ3) is 4.53. The average molecular weight is 239 g/mol. The zero-order valence-electron chi connectivity index (χ0n) is 9.18. The second-order valence-corrected chi connectivity index (χ2v) is 3.38. The monoisotopic (exact) mass is 239 g/mol. The van der Waals surface area contributed by atoms with E-state index in [9.17, 15) is 9.59 Å². The Morgan fingerprint density at radius 1 is 1.47 bits per heavy atom. The first-order chi connectivity index (χ1) is 8.13. The number of ether oxygens (including phenoxy) is 1. The maximum absolute atomic E-state index is 11.4. The van der Waals surface area contributed by atoms with Crippen LogP contribution in [0.15, 0.2) is 11.8 Å². The number of hydrogen-bond donors (Lipinski definition) is 2. The first kappa shape index (κ1) is 13.0. The van der Waals surface area contributed by atoms with Crippen molar-refractivity contribution >= 4 is 11.9 Å². The van der Waals surface area contributed by atoms with Crippen LogP contribution in [0.3, 0.4) is 0 Å². The van der Waals surface area contributed by atoms with E-state index in [2.05, 4.69) is 5.32 Å². The number of amides is 1. The second-order valence-electron chi connectivity index (χ2n) is 3.38. The number of aliphatic carboxylic acids is 1. The molecule has 7 nitrogen and oxygen atoms in total. The Morgan fingerprint density at radius 3 is 2.65 bits per heavy atom. The maximum atomic E-state index is 11.4. The van der Waals surface area contributed by atoms with Crippen LogP contribution >= 0.6 is 0 Å². The molecule has 0 aromatic rings. The van der Waals surface area contributed by atoms with Crippen LogP contribution < -0.4 is 5.32 Å². The van der Waals surface area contributed by atoms with E-state index in [-0.39, 0.29) is 5.57 Å². The minimum Gasteiger partial charge on any atom is -0.480 e. The molecule has 0 saturated carbocycles. The smallest absolute Gasteiger partial charge is 0.322 e. The Bertz CT molecular complexity index is 366. The summed E-state index contributed by atoms with van der Waals surface area (Å²) in [5.41, 5.74) is -0.104. The SMILES string of the molecule is N#C/C(=C/N1CCOCC1)C(=O)NCC(=O)O. The van der Waals surface area contributed by atoms with Crippen LogP contribution in [0.5, 0.6) is 0 Å². The molecule has 1 fully saturated rings. The second kappa shape index (κ2) is 6.50. The number of carboxylic acid groups (broad SMARTS) is 1. The van der Waals surface area contributed by atoms with Crippen LogP contribution in [0.2, 0.25) is 0 Å². The molecule has 92 valence electrons. The van der Waals surface area contributed by atoms with Gasteiger partial charge in [-0.05, 0) is 0 Å². The summed E-state index contributed by atoms with van der Waals surface area (Å²) >= 11 is 0. The van der Waals surface area contributed by atoms with Gasteiger partial charge in [0.05, 0.1) is 13.2 Å². The molecule has 0 unspecified atom stereocenters. The van der Waals surface area contributed by atoms with Gasteiger partial charge >= 0.3 is 5.97 Å². The summed E-state index contributed by atoms with van der Waals surface area (Å²) in [6, 6.07) is 1.75. The molecule has 0 radical (unpaired) electrons. The molecule has 0 aromatic heterocycles. The van der Waals surface area contributed by atoms with Gasteiger partial charge in [0.15, 0.2) is 0 Å². The minimum atomic E-state index is -1.15. The van der Waals surface area contributed by atoms with Gasteiger partial charge in [-0.3, -0.25) is 9.59 Å². The first-order valence-corrected chi connectivity index (χ1v) is 5.07. The van der Waals surface area contributed by atoms with Crippen LogP contribution in [-0.2, 0) is 14.3 Å². The molecule has 1 heterocycles. The Morgan fingerprint density at radius 2 is 2.12 bits per heavy atom. The van der Waals surface area contributed by atoms with Gasteiger partial charge in [-0.1, -0.05) is 0 Å². The van der Waals surface area contributed by atoms with E-state index in [0.29, 0.717) is 26.3 Å². The highest BCUT2D eigenvalue weighted by Crippen LogP contribution is 2.02. The lowest BCUT2D eigenvalue weighted by Gasteiger charge is -2.25. The van der Waals surface area contributed by atoms with Gasteiger partial charge in [0.2, 0.25) is 0 Å². The van der Waals surface area contributed by atoms with Crippen molar-refractivity contribution in [3.8, 4) is 6.07 Å². The molecule has 0 bridgehead atoms. The summed E-state index contributed by atoms with van der Waals surface area (Å²) in [7, 11) is 0. The summed E-state index contributed by atoms with van der Waals surface area (Å²) in [5, 5.41) is 19.3. The first-order valence-electron chi connectivity index (χ1n) is 5.07. The highest BCUT2D eigenvalue weighted by atomic mass is 16.5. The molecule has 0 atom stereocenters. The fourth-order valence-corrected chi connectivity index (χ4v) is 1.28. The minimum absolute atomic E-state index is 0.104. The fraction of sp³-hybridized carbons (Fsp3) is 0.500. The lowest BCUT2D eigenvalue weighted by molar-refractivity contribution is -0.137. The van der Waals surface area contributed by atoms with Crippen LogP contribution in [0.1, 0.15) is 0 Å². The zero-order valence-corrected chi connectivity index (χ0v) is 9.18. The zero-order chi connectivity index (χ0) is 12.7. The number of nitriles is 1. The van der Waals surface area contributed by atoms with E-state index >= 15 is 0 Å². The molecule has 1 aliphatic rings. The van der Waals surface area contributed by atoms with Crippen molar-refractivity contribution in [1.82, 2.24) is 10.2 Å². The predicted octanol–water partition coefficient (Wildman–Crippen LogP) is -1.07. The summed E-state index contributed by atoms with van der Waals surface area (Å²) < 4.78 is 5.12. The molecular weight excluding hydrogens is 226 g/mol. The summed E-state index contributed by atoms with van der Waals surface area (Å²) in [6.07, 6.45) is 1.43. The molecule has 1 rings (SSSR count). The molecule has 7 heteroatoms. The van der Waals surface area contributed by atoms with Gasteiger partial charge < -0.3 is 20.1 Å². The molecule has 0 spiro atoms. The normalized spacial score (nSPS) is 16.2. The summed E-state index contributed by atoms with van der Waals surface area (Å²) in [6.45, 7) is 1.81. The van der Waals surface area contributed by atoms with Crippen LogP contribution in [0.4, 0.5) is 0 Å². The molecule has 0 aromatic carbocycles. The van der Waals surface area contributed by atoms with Crippen molar-refractivity contribution in [3.63, 3.8) is 0 Å². The number of nitrogens with one attached hydrogen (secondary N) is 1. The Kier molecular flexibility index (Phi) is 4.97. The average Bonchev–Trinajstić information content (AvgIpc) is 2.34. The largest absolute Gasteiger partial charge is 0.480 e. The number of carbonyl (C=O) groups excluding carboxylic acids is 1. The van der Waals surface area contributed by atoms with Crippen LogP contribution in [0, 0.1) is 11.3 Å². The molecule has 0 aliphatic carbocycles. The number of hydrogen-bond acceptors (Lipinski definition) is 5. The Labute approximate surface area is 98.3 Å². The molecular formula is C10H13N3O4. The number of morpholine rings is 1. The van der Waals surface area contributed by atoms with Crippen LogP contribution in [0.25, 0.3) is 0 Å². The van der Waals surface area contributed by atoms with E-state index in [0.717, 1.165) is 0 Å². The number of rotatable bonds is 4. The van der Waals surface area contributed by atoms with E-state index in [1.54, 1.807) is 11.0 Å². The quantitative estimate of drug-likeness (QED) is 0.478. The Hall–Kier alpha value is -2.07. The number of carbonyl (C=O) groups is 2. The van der Waals surface area contributed by atoms with Crippen molar-refractivity contribution in [1.29, 1.82) is 5.26 Å². The molecule has 1 amide bonds. The van der Waals surface area contributed by atoms with Crippen molar-refractivity contribution in [2.75, 3.05) is 32.8 Å². The molecule has 1 aliphatic heterocycles. The van der Waals surface area contributed by atoms with E-state index < -0.39 is 18.4 Å². The van der Waals surface area contributed by atoms with Gasteiger partial charge in [-0.2, -0.15) is 5.26 Å². The van der Waals surface area contributed by atoms with Crippen molar-refractivity contribution < 1.29 is 19.4 Å². The van der Waals surface area contributed by atoms with Crippen molar-refractivity contribution in [2.45, 2.75) is 0 Å². The molecule has 17 heavy (non-hydrogen) atoms. The Balaban J connectivity index is 2.56. The summed E-state index contributed by atoms with van der Waals surface area (Å²) in [5.74, 6) is -1.83. The van der Waals surface area contributed by atoms with Crippen LogP contribution in [-0.4, -0.2) is 54.7 Å². The van der Waals surface area contributed by atoms with Gasteiger partial charge in [0.25, 0.3) is 5.91 Å². The lowest BCUT2D eigenvalue weighted by atomic mass is 10.3. The highest BCUT2D eigenvalue weighted by molar-refractivity contribution is 5.98. The lowest BCUT2D eigenvalue weighted by Crippen LogP contribution is -2.35.